The molecule has 0 fully saturated rings. The van der Waals surface area contributed by atoms with Gasteiger partial charge >= 0.3 is 0 Å². The Morgan fingerprint density at radius 2 is 1.93 bits per heavy atom. The fraction of sp³-hybridized carbons (Fsp3) is 0.300. The molecule has 0 saturated heterocycles. The first-order valence-corrected chi connectivity index (χ1v) is 11.0. The highest BCUT2D eigenvalue weighted by Crippen LogP contribution is 2.35. The molecular weight excluding hydrogens is 430 g/mol. The monoisotopic (exact) mass is 451 g/mol. The summed E-state index contributed by atoms with van der Waals surface area (Å²) in [6.07, 6.45) is -0.736. The summed E-state index contributed by atoms with van der Waals surface area (Å²) in [5.74, 6) is -0.541. The molecule has 1 unspecified atom stereocenters. The third kappa shape index (κ3) is 4.43. The third-order valence-corrected chi connectivity index (χ3v) is 6.92. The van der Waals surface area contributed by atoms with Gasteiger partial charge in [-0.1, -0.05) is 17.7 Å². The fourth-order valence-corrected chi connectivity index (χ4v) is 4.51. The molecule has 160 valence electrons. The van der Waals surface area contributed by atoms with Crippen LogP contribution in [0.4, 0.5) is 11.4 Å². The van der Waals surface area contributed by atoms with E-state index in [-0.39, 0.29) is 16.6 Å². The normalized spacial score (nSPS) is 15.9. The molecule has 0 aromatic heterocycles. The molecule has 1 aliphatic heterocycles. The molecule has 0 saturated carbocycles. The number of carbonyl (C=O) groups is 2. The predicted octanol–water partition coefficient (Wildman–Crippen LogP) is 2.94. The zero-order valence-corrected chi connectivity index (χ0v) is 18.5. The Morgan fingerprint density at radius 3 is 2.63 bits per heavy atom. The minimum absolute atomic E-state index is 0.00108. The maximum Gasteiger partial charge on any atom is 0.265 e. The summed E-state index contributed by atoms with van der Waals surface area (Å²) in [5, 5.41) is 5.82. The van der Waals surface area contributed by atoms with Gasteiger partial charge in [0.1, 0.15) is 5.75 Å². The number of amides is 2. The smallest absolute Gasteiger partial charge is 0.265 e. The van der Waals surface area contributed by atoms with E-state index in [1.165, 1.54) is 19.2 Å². The number of halogens is 1. The lowest BCUT2D eigenvalue weighted by atomic mass is 10.1. The van der Waals surface area contributed by atoms with Crippen molar-refractivity contribution in [2.45, 2.75) is 31.8 Å². The van der Waals surface area contributed by atoms with Crippen molar-refractivity contribution in [3.05, 3.63) is 46.5 Å². The van der Waals surface area contributed by atoms with Crippen molar-refractivity contribution in [1.82, 2.24) is 4.31 Å². The number of anilines is 2. The highest BCUT2D eigenvalue weighted by Gasteiger charge is 2.30. The Labute approximate surface area is 180 Å². The lowest BCUT2D eigenvalue weighted by molar-refractivity contribution is -0.122. The number of fused-ring (bicyclic) bond motifs is 1. The molecule has 2 amide bonds. The van der Waals surface area contributed by atoms with Crippen LogP contribution < -0.4 is 15.4 Å². The van der Waals surface area contributed by atoms with Crippen LogP contribution >= 0.6 is 11.6 Å². The largest absolute Gasteiger partial charge is 0.479 e. The van der Waals surface area contributed by atoms with Crippen LogP contribution in [0.25, 0.3) is 0 Å². The van der Waals surface area contributed by atoms with Gasteiger partial charge in [-0.2, -0.15) is 4.31 Å². The van der Waals surface area contributed by atoms with Gasteiger partial charge in [0.05, 0.1) is 17.1 Å². The summed E-state index contributed by atoms with van der Waals surface area (Å²) in [6, 6.07) is 7.96. The van der Waals surface area contributed by atoms with E-state index in [0.29, 0.717) is 22.0 Å². The average molecular weight is 452 g/mol. The van der Waals surface area contributed by atoms with Crippen molar-refractivity contribution in [3.8, 4) is 5.75 Å². The molecule has 0 spiro atoms. The van der Waals surface area contributed by atoms with Gasteiger partial charge in [0, 0.05) is 23.8 Å². The number of aryl methyl sites for hydroxylation is 2. The maximum absolute atomic E-state index is 13.1. The van der Waals surface area contributed by atoms with Crippen LogP contribution in [0.2, 0.25) is 5.02 Å². The number of hydrogen-bond acceptors (Lipinski definition) is 5. The highest BCUT2D eigenvalue weighted by molar-refractivity contribution is 7.89. The number of hydrogen-bond donors (Lipinski definition) is 2. The van der Waals surface area contributed by atoms with E-state index < -0.39 is 28.6 Å². The first kappa shape index (κ1) is 22.1. The predicted molar refractivity (Wildman–Crippen MR) is 115 cm³/mol. The number of likely N-dealkylation sites (N-methyl/N-ethyl adjacent to an activating group) is 1. The number of ether oxygens (including phenoxy) is 1. The second kappa shape index (κ2) is 8.25. The minimum Gasteiger partial charge on any atom is -0.479 e. The van der Waals surface area contributed by atoms with Gasteiger partial charge in [0.2, 0.25) is 15.9 Å². The van der Waals surface area contributed by atoms with Crippen LogP contribution in [0.1, 0.15) is 18.1 Å². The molecular formula is C20H22ClN3O5S. The summed E-state index contributed by atoms with van der Waals surface area (Å²) in [4.78, 5) is 24.2. The van der Waals surface area contributed by atoms with Crippen LogP contribution in [0.5, 0.6) is 5.75 Å². The van der Waals surface area contributed by atoms with Crippen LogP contribution in [0, 0.1) is 13.8 Å². The van der Waals surface area contributed by atoms with Crippen LogP contribution in [-0.2, 0) is 19.6 Å². The first-order chi connectivity index (χ1) is 14.0. The van der Waals surface area contributed by atoms with Crippen LogP contribution in [-0.4, -0.2) is 44.2 Å². The van der Waals surface area contributed by atoms with E-state index >= 15 is 0 Å². The van der Waals surface area contributed by atoms with Crippen molar-refractivity contribution in [1.29, 1.82) is 0 Å². The van der Waals surface area contributed by atoms with Crippen molar-refractivity contribution < 1.29 is 22.7 Å². The Kier molecular flexibility index (Phi) is 6.07. The van der Waals surface area contributed by atoms with Crippen molar-refractivity contribution in [3.63, 3.8) is 0 Å². The second-order valence-electron chi connectivity index (χ2n) is 7.13. The zero-order chi connectivity index (χ0) is 22.2. The second-order valence-corrected chi connectivity index (χ2v) is 9.58. The SMILES string of the molecule is Cc1ccc(Cl)cc1NC(=O)CN(C)S(=O)(=O)c1cc2c(cc1C)NC(=O)C(C)O2. The molecule has 1 aliphatic rings. The molecule has 2 aromatic carbocycles. The summed E-state index contributed by atoms with van der Waals surface area (Å²) in [6.45, 7) is 4.60. The van der Waals surface area contributed by atoms with Gasteiger partial charge in [-0.25, -0.2) is 8.42 Å². The van der Waals surface area contributed by atoms with E-state index in [2.05, 4.69) is 10.6 Å². The van der Waals surface area contributed by atoms with Gasteiger partial charge in [0.15, 0.2) is 6.10 Å². The summed E-state index contributed by atoms with van der Waals surface area (Å²) in [7, 11) is -2.66. The van der Waals surface area contributed by atoms with Gasteiger partial charge in [-0.15, -0.1) is 0 Å². The minimum atomic E-state index is -3.99. The molecule has 8 nitrogen and oxygen atoms in total. The standard InChI is InChI=1S/C20H22ClN3O5S/c1-11-5-6-14(21)8-15(11)22-19(25)10-24(4)30(27,28)18-9-17-16(7-12(18)2)23-20(26)13(3)29-17/h5-9,13H,10H2,1-4H3,(H,22,25)(H,23,26). The Morgan fingerprint density at radius 1 is 1.23 bits per heavy atom. The van der Waals surface area contributed by atoms with E-state index in [1.54, 1.807) is 32.0 Å². The molecule has 2 aromatic rings. The first-order valence-electron chi connectivity index (χ1n) is 9.13. The summed E-state index contributed by atoms with van der Waals surface area (Å²) < 4.78 is 32.6. The molecule has 30 heavy (non-hydrogen) atoms. The Bertz CT molecular complexity index is 1130. The van der Waals surface area contributed by atoms with E-state index in [9.17, 15) is 18.0 Å². The van der Waals surface area contributed by atoms with Crippen molar-refractivity contribution >= 4 is 44.8 Å². The molecule has 3 rings (SSSR count). The van der Waals surface area contributed by atoms with Crippen LogP contribution in [0.3, 0.4) is 0 Å². The number of carbonyl (C=O) groups excluding carboxylic acids is 2. The molecule has 0 aliphatic carbocycles. The fourth-order valence-electron chi connectivity index (χ4n) is 2.99. The lowest BCUT2D eigenvalue weighted by Crippen LogP contribution is -2.36. The molecule has 1 heterocycles. The topological polar surface area (TPSA) is 105 Å². The number of benzene rings is 2. The van der Waals surface area contributed by atoms with E-state index in [0.717, 1.165) is 9.87 Å². The molecule has 0 radical (unpaired) electrons. The Balaban J connectivity index is 1.81. The molecule has 2 N–H and O–H groups in total. The molecule has 10 heteroatoms. The average Bonchev–Trinajstić information content (AvgIpc) is 2.65. The van der Waals surface area contributed by atoms with E-state index in [1.807, 2.05) is 6.92 Å². The lowest BCUT2D eigenvalue weighted by Gasteiger charge is -2.25. The van der Waals surface area contributed by atoms with Gasteiger partial charge in [-0.3, -0.25) is 9.59 Å². The highest BCUT2D eigenvalue weighted by atomic mass is 35.5. The molecule has 1 atom stereocenters. The molecule has 0 bridgehead atoms. The third-order valence-electron chi connectivity index (χ3n) is 4.74. The number of nitrogens with one attached hydrogen (secondary N) is 2. The summed E-state index contributed by atoms with van der Waals surface area (Å²) >= 11 is 5.96. The van der Waals surface area contributed by atoms with Crippen molar-refractivity contribution in [2.24, 2.45) is 0 Å². The zero-order valence-electron chi connectivity index (χ0n) is 16.9. The number of sulfonamides is 1. The number of rotatable bonds is 5. The maximum atomic E-state index is 13.1. The van der Waals surface area contributed by atoms with Gasteiger partial charge in [0.25, 0.3) is 5.91 Å². The van der Waals surface area contributed by atoms with E-state index in [4.69, 9.17) is 16.3 Å². The summed E-state index contributed by atoms with van der Waals surface area (Å²) in [5.41, 5.74) is 2.15. The van der Waals surface area contributed by atoms with Crippen LogP contribution in [0.15, 0.2) is 35.2 Å². The van der Waals surface area contributed by atoms with Gasteiger partial charge < -0.3 is 15.4 Å². The quantitative estimate of drug-likeness (QED) is 0.727. The van der Waals surface area contributed by atoms with Gasteiger partial charge in [-0.05, 0) is 50.1 Å². The number of nitrogens with zero attached hydrogens (tertiary/aromatic N) is 1. The van der Waals surface area contributed by atoms with Crippen molar-refractivity contribution in [2.75, 3.05) is 24.2 Å². The Hall–Kier alpha value is -2.62.